The van der Waals surface area contributed by atoms with Crippen molar-refractivity contribution in [3.63, 3.8) is 0 Å². The highest BCUT2D eigenvalue weighted by atomic mass is 35.5. The highest BCUT2D eigenvalue weighted by Crippen LogP contribution is 2.31. The summed E-state index contributed by atoms with van der Waals surface area (Å²) in [6.07, 6.45) is 0.732. The molecule has 23 heavy (non-hydrogen) atoms. The van der Waals surface area contributed by atoms with E-state index in [1.165, 1.54) is 0 Å². The maximum absolute atomic E-state index is 11.9. The second kappa shape index (κ2) is 7.53. The zero-order valence-corrected chi connectivity index (χ0v) is 15.6. The predicted molar refractivity (Wildman–Crippen MR) is 90.7 cm³/mol. The lowest BCUT2D eigenvalue weighted by atomic mass is 9.80. The van der Waals surface area contributed by atoms with Gasteiger partial charge in [-0.05, 0) is 40.5 Å². The van der Waals surface area contributed by atoms with Crippen LogP contribution >= 0.6 is 11.6 Å². The van der Waals surface area contributed by atoms with Crippen molar-refractivity contribution in [3.8, 4) is 0 Å². The molecule has 1 aromatic rings. The van der Waals surface area contributed by atoms with Crippen molar-refractivity contribution in [1.29, 1.82) is 0 Å². The molecule has 0 spiro atoms. The lowest BCUT2D eigenvalue weighted by Gasteiger charge is -2.31. The quantitative estimate of drug-likeness (QED) is 0.831. The summed E-state index contributed by atoms with van der Waals surface area (Å²) in [7, 11) is 1.78. The van der Waals surface area contributed by atoms with Gasteiger partial charge in [0.25, 0.3) is 0 Å². The molecule has 0 aromatic carbocycles. The average molecular weight is 346 g/mol. The highest BCUT2D eigenvalue weighted by Gasteiger charge is 2.32. The summed E-state index contributed by atoms with van der Waals surface area (Å²) in [6, 6.07) is 0. The van der Waals surface area contributed by atoms with Crippen molar-refractivity contribution in [1.82, 2.24) is 15.1 Å². The topological polar surface area (TPSA) is 76.4 Å². The van der Waals surface area contributed by atoms with Gasteiger partial charge in [0.2, 0.25) is 0 Å². The fraction of sp³-hybridized carbons (Fsp3) is 0.750. The summed E-state index contributed by atoms with van der Waals surface area (Å²) in [4.78, 5) is 11.9. The second-order valence-corrected chi connectivity index (χ2v) is 7.38. The van der Waals surface area contributed by atoms with Gasteiger partial charge in [-0.2, -0.15) is 5.10 Å². The van der Waals surface area contributed by atoms with Gasteiger partial charge < -0.3 is 15.2 Å². The standard InChI is InChI=1S/C16H28ClN3O3/c1-7-16(10-21,9-18-14(22)23-15(3,4)5)8-12-11(2)19-20(6)13(12)17/h21H,7-10H2,1-6H3,(H,18,22). The van der Waals surface area contributed by atoms with E-state index in [4.69, 9.17) is 16.3 Å². The summed E-state index contributed by atoms with van der Waals surface area (Å²) in [5.41, 5.74) is 0.674. The van der Waals surface area contributed by atoms with Crippen LogP contribution in [0.15, 0.2) is 0 Å². The van der Waals surface area contributed by atoms with E-state index in [0.29, 0.717) is 24.5 Å². The summed E-state index contributed by atoms with van der Waals surface area (Å²) in [5, 5.41) is 17.5. The molecule has 0 aliphatic heterocycles. The highest BCUT2D eigenvalue weighted by molar-refractivity contribution is 6.30. The zero-order chi connectivity index (χ0) is 17.8. The van der Waals surface area contributed by atoms with Crippen molar-refractivity contribution in [2.45, 2.75) is 53.1 Å². The number of aliphatic hydroxyl groups is 1. The number of nitrogens with zero attached hydrogens (tertiary/aromatic N) is 2. The van der Waals surface area contributed by atoms with Crippen LogP contribution in [0, 0.1) is 12.3 Å². The first kappa shape index (κ1) is 19.8. The Morgan fingerprint density at radius 1 is 1.43 bits per heavy atom. The van der Waals surface area contributed by atoms with Crippen LogP contribution in [0.2, 0.25) is 5.15 Å². The third kappa shape index (κ3) is 5.39. The Morgan fingerprint density at radius 3 is 2.43 bits per heavy atom. The normalized spacial score (nSPS) is 14.4. The van der Waals surface area contributed by atoms with E-state index in [1.54, 1.807) is 11.7 Å². The minimum absolute atomic E-state index is 0.0655. The molecule has 0 saturated carbocycles. The summed E-state index contributed by atoms with van der Waals surface area (Å²) >= 11 is 6.29. The van der Waals surface area contributed by atoms with Crippen molar-refractivity contribution in [2.24, 2.45) is 12.5 Å². The number of aliphatic hydroxyl groups excluding tert-OH is 1. The molecule has 0 radical (unpaired) electrons. The lowest BCUT2D eigenvalue weighted by Crippen LogP contribution is -2.43. The first-order valence-corrected chi connectivity index (χ1v) is 8.17. The fourth-order valence-electron chi connectivity index (χ4n) is 2.36. The Hall–Kier alpha value is -1.27. The van der Waals surface area contributed by atoms with Gasteiger partial charge in [0.1, 0.15) is 10.8 Å². The van der Waals surface area contributed by atoms with Crippen molar-refractivity contribution < 1.29 is 14.6 Å². The van der Waals surface area contributed by atoms with Gasteiger partial charge in [-0.15, -0.1) is 0 Å². The molecule has 1 amide bonds. The van der Waals surface area contributed by atoms with Crippen LogP contribution in [0.25, 0.3) is 0 Å². The molecule has 7 heteroatoms. The summed E-state index contributed by atoms with van der Waals surface area (Å²) < 4.78 is 6.87. The van der Waals surface area contributed by atoms with Gasteiger partial charge in [-0.3, -0.25) is 4.68 Å². The van der Waals surface area contributed by atoms with Crippen LogP contribution in [0.5, 0.6) is 0 Å². The predicted octanol–water partition coefficient (Wildman–Crippen LogP) is 2.84. The maximum Gasteiger partial charge on any atom is 0.407 e. The van der Waals surface area contributed by atoms with E-state index in [-0.39, 0.29) is 6.61 Å². The monoisotopic (exact) mass is 345 g/mol. The number of alkyl carbamates (subject to hydrolysis) is 1. The number of rotatable bonds is 6. The number of carbonyl (C=O) groups excluding carboxylic acids is 1. The fourth-order valence-corrected chi connectivity index (χ4v) is 2.60. The Kier molecular flexibility index (Phi) is 6.48. The molecule has 1 unspecified atom stereocenters. The molecule has 0 aliphatic rings. The first-order chi connectivity index (χ1) is 10.5. The van der Waals surface area contributed by atoms with Gasteiger partial charge in [-0.1, -0.05) is 18.5 Å². The van der Waals surface area contributed by atoms with Crippen molar-refractivity contribution >= 4 is 17.7 Å². The molecule has 0 aliphatic carbocycles. The Labute approximate surface area is 143 Å². The Balaban J connectivity index is 2.85. The molecule has 0 fully saturated rings. The molecule has 0 saturated heterocycles. The number of aryl methyl sites for hydroxylation is 2. The van der Waals surface area contributed by atoms with Crippen LogP contribution in [0.1, 0.15) is 45.4 Å². The molecule has 6 nitrogen and oxygen atoms in total. The van der Waals surface area contributed by atoms with E-state index < -0.39 is 17.1 Å². The molecule has 132 valence electrons. The minimum Gasteiger partial charge on any atom is -0.444 e. The second-order valence-electron chi connectivity index (χ2n) is 7.02. The number of hydrogen-bond donors (Lipinski definition) is 2. The molecule has 1 heterocycles. The van der Waals surface area contributed by atoms with Crippen LogP contribution < -0.4 is 5.32 Å². The first-order valence-electron chi connectivity index (χ1n) is 7.79. The minimum atomic E-state index is -0.554. The largest absolute Gasteiger partial charge is 0.444 e. The van der Waals surface area contributed by atoms with Gasteiger partial charge in [0, 0.05) is 24.6 Å². The van der Waals surface area contributed by atoms with Crippen molar-refractivity contribution in [2.75, 3.05) is 13.2 Å². The molecule has 0 bridgehead atoms. The number of aromatic nitrogens is 2. The van der Waals surface area contributed by atoms with Crippen molar-refractivity contribution in [3.05, 3.63) is 16.4 Å². The number of carbonyl (C=O) groups is 1. The van der Waals surface area contributed by atoms with E-state index in [1.807, 2.05) is 34.6 Å². The van der Waals surface area contributed by atoms with Crippen LogP contribution in [-0.4, -0.2) is 39.7 Å². The smallest absolute Gasteiger partial charge is 0.407 e. The van der Waals surface area contributed by atoms with E-state index >= 15 is 0 Å². The molecular formula is C16H28ClN3O3. The zero-order valence-electron chi connectivity index (χ0n) is 14.9. The molecule has 1 rings (SSSR count). The van der Waals surface area contributed by atoms with Gasteiger partial charge in [0.15, 0.2) is 0 Å². The number of nitrogens with one attached hydrogen (secondary N) is 1. The number of hydrogen-bond acceptors (Lipinski definition) is 4. The Morgan fingerprint density at radius 2 is 2.04 bits per heavy atom. The molecule has 2 N–H and O–H groups in total. The van der Waals surface area contributed by atoms with Gasteiger partial charge in [0.05, 0.1) is 12.3 Å². The third-order valence-electron chi connectivity index (χ3n) is 3.91. The summed E-state index contributed by atoms with van der Waals surface area (Å²) in [5.74, 6) is 0. The summed E-state index contributed by atoms with van der Waals surface area (Å²) in [6.45, 7) is 9.54. The SMILES string of the molecule is CCC(CO)(CNC(=O)OC(C)(C)C)Cc1c(C)nn(C)c1Cl. The molecule has 1 aromatic heterocycles. The number of amides is 1. The van der Waals surface area contributed by atoms with Gasteiger partial charge >= 0.3 is 6.09 Å². The van der Waals surface area contributed by atoms with E-state index in [2.05, 4.69) is 10.4 Å². The van der Waals surface area contributed by atoms with E-state index in [9.17, 15) is 9.90 Å². The maximum atomic E-state index is 11.9. The van der Waals surface area contributed by atoms with E-state index in [0.717, 1.165) is 11.3 Å². The molecular weight excluding hydrogens is 318 g/mol. The lowest BCUT2D eigenvalue weighted by molar-refractivity contribution is 0.0461. The number of ether oxygens (including phenoxy) is 1. The number of halogens is 1. The Bertz CT molecular complexity index is 546. The van der Waals surface area contributed by atoms with Gasteiger partial charge in [-0.25, -0.2) is 4.79 Å². The molecule has 1 atom stereocenters. The average Bonchev–Trinajstić information content (AvgIpc) is 2.67. The van der Waals surface area contributed by atoms with Crippen LogP contribution in [-0.2, 0) is 18.2 Å². The van der Waals surface area contributed by atoms with Crippen LogP contribution in [0.3, 0.4) is 0 Å². The third-order valence-corrected chi connectivity index (χ3v) is 4.39. The van der Waals surface area contributed by atoms with Crippen LogP contribution in [0.4, 0.5) is 4.79 Å².